The maximum Gasteiger partial charge on any atom is 0.326 e. The minimum absolute atomic E-state index is 0.0846. The number of nitrogens with zero attached hydrogens (tertiary/aromatic N) is 1. The average molecular weight is 316 g/mol. The molecule has 1 aliphatic heterocycles. The van der Waals surface area contributed by atoms with Gasteiger partial charge in [0.1, 0.15) is 11.9 Å². The number of primary sulfonamides is 1. The molecule has 2 unspecified atom stereocenters. The molecule has 0 spiro atoms. The number of halogens is 1. The van der Waals surface area contributed by atoms with Gasteiger partial charge < -0.3 is 10.0 Å². The van der Waals surface area contributed by atoms with Crippen LogP contribution in [0.15, 0.2) is 23.1 Å². The number of carboxylic acids is 1. The quantitative estimate of drug-likeness (QED) is 0.871. The van der Waals surface area contributed by atoms with Crippen molar-refractivity contribution in [1.82, 2.24) is 0 Å². The van der Waals surface area contributed by atoms with Gasteiger partial charge in [-0.1, -0.05) is 6.92 Å². The smallest absolute Gasteiger partial charge is 0.326 e. The highest BCUT2D eigenvalue weighted by atomic mass is 32.2. The Labute approximate surface area is 122 Å². The fourth-order valence-electron chi connectivity index (χ4n) is 2.73. The third kappa shape index (κ3) is 3.16. The van der Waals surface area contributed by atoms with Gasteiger partial charge in [0.05, 0.1) is 10.6 Å². The summed E-state index contributed by atoms with van der Waals surface area (Å²) in [6.07, 6.45) is 1.51. The average Bonchev–Trinajstić information content (AvgIpc) is 2.36. The normalized spacial score (nSPS) is 23.1. The molecule has 21 heavy (non-hydrogen) atoms. The van der Waals surface area contributed by atoms with Gasteiger partial charge in [0.25, 0.3) is 0 Å². The van der Waals surface area contributed by atoms with Gasteiger partial charge in [-0.3, -0.25) is 0 Å². The Hall–Kier alpha value is -1.67. The van der Waals surface area contributed by atoms with Crippen LogP contribution in [0.4, 0.5) is 10.1 Å². The molecular formula is C13H17FN2O4S. The topological polar surface area (TPSA) is 101 Å². The van der Waals surface area contributed by atoms with E-state index in [0.717, 1.165) is 18.9 Å². The van der Waals surface area contributed by atoms with Gasteiger partial charge >= 0.3 is 5.97 Å². The number of nitrogens with two attached hydrogens (primary N) is 1. The van der Waals surface area contributed by atoms with Crippen molar-refractivity contribution in [2.45, 2.75) is 30.7 Å². The minimum atomic E-state index is -3.99. The molecule has 1 aromatic rings. The second-order valence-electron chi connectivity index (χ2n) is 5.25. The van der Waals surface area contributed by atoms with E-state index >= 15 is 0 Å². The summed E-state index contributed by atoms with van der Waals surface area (Å²) in [4.78, 5) is 12.5. The molecular weight excluding hydrogens is 299 g/mol. The molecule has 0 bridgehead atoms. The molecule has 0 saturated carbocycles. The summed E-state index contributed by atoms with van der Waals surface area (Å²) in [5.41, 5.74) is 0.0846. The molecule has 0 aliphatic carbocycles. The van der Waals surface area contributed by atoms with Gasteiger partial charge in [-0.25, -0.2) is 22.7 Å². The van der Waals surface area contributed by atoms with Crippen LogP contribution in [0.1, 0.15) is 19.8 Å². The lowest BCUT2D eigenvalue weighted by Gasteiger charge is -2.39. The van der Waals surface area contributed by atoms with Crippen LogP contribution in [0.3, 0.4) is 0 Å². The maximum atomic E-state index is 14.2. The van der Waals surface area contributed by atoms with E-state index in [1.54, 1.807) is 0 Å². The number of anilines is 1. The fraction of sp³-hybridized carbons (Fsp3) is 0.462. The summed E-state index contributed by atoms with van der Waals surface area (Å²) < 4.78 is 36.6. The summed E-state index contributed by atoms with van der Waals surface area (Å²) in [7, 11) is -3.99. The van der Waals surface area contributed by atoms with Crippen molar-refractivity contribution < 1.29 is 22.7 Å². The molecule has 1 fully saturated rings. The molecule has 0 radical (unpaired) electrons. The van der Waals surface area contributed by atoms with E-state index in [2.05, 4.69) is 0 Å². The molecule has 116 valence electrons. The van der Waals surface area contributed by atoms with Gasteiger partial charge in [-0.15, -0.1) is 0 Å². The number of carboxylic acid groups (broad SMARTS) is 1. The van der Waals surface area contributed by atoms with Crippen LogP contribution >= 0.6 is 0 Å². The predicted molar refractivity (Wildman–Crippen MR) is 74.9 cm³/mol. The second-order valence-corrected chi connectivity index (χ2v) is 6.82. The van der Waals surface area contributed by atoms with Crippen molar-refractivity contribution in [3.63, 3.8) is 0 Å². The first-order valence-corrected chi connectivity index (χ1v) is 8.08. The van der Waals surface area contributed by atoms with Crippen LogP contribution in [0, 0.1) is 11.7 Å². The van der Waals surface area contributed by atoms with E-state index < -0.39 is 27.9 Å². The second kappa shape index (κ2) is 5.61. The predicted octanol–water partition coefficient (Wildman–Crippen LogP) is 1.16. The van der Waals surface area contributed by atoms with E-state index in [1.165, 1.54) is 17.0 Å². The Kier molecular flexibility index (Phi) is 4.20. The van der Waals surface area contributed by atoms with Crippen molar-refractivity contribution in [1.29, 1.82) is 0 Å². The molecule has 1 saturated heterocycles. The SMILES string of the molecule is CC1CCCN(c2ccc(S(N)(=O)=O)cc2F)C1C(=O)O. The van der Waals surface area contributed by atoms with Gasteiger partial charge in [0.15, 0.2) is 0 Å². The molecule has 1 aliphatic rings. The number of sulfonamides is 1. The first-order chi connectivity index (χ1) is 9.71. The van der Waals surface area contributed by atoms with E-state index in [4.69, 9.17) is 5.14 Å². The van der Waals surface area contributed by atoms with Crippen LogP contribution in [0.25, 0.3) is 0 Å². The standard InChI is InChI=1S/C13H17FN2O4S/c1-8-3-2-6-16(12(8)13(17)18)11-5-4-9(7-10(11)14)21(15,19)20/h4-5,7-8,12H,2-3,6H2,1H3,(H,17,18)(H2,15,19,20). The molecule has 6 nitrogen and oxygen atoms in total. The number of aliphatic carboxylic acids is 1. The van der Waals surface area contributed by atoms with Crippen LogP contribution in [-0.4, -0.2) is 32.1 Å². The lowest BCUT2D eigenvalue weighted by atomic mass is 9.90. The van der Waals surface area contributed by atoms with Crippen LogP contribution in [-0.2, 0) is 14.8 Å². The molecule has 8 heteroatoms. The Morgan fingerprint density at radius 3 is 2.67 bits per heavy atom. The van der Waals surface area contributed by atoms with Crippen LogP contribution in [0.5, 0.6) is 0 Å². The summed E-state index contributed by atoms with van der Waals surface area (Å²) in [6.45, 7) is 2.22. The number of rotatable bonds is 3. The number of carbonyl (C=O) groups is 1. The molecule has 3 N–H and O–H groups in total. The Morgan fingerprint density at radius 2 is 2.14 bits per heavy atom. The van der Waals surface area contributed by atoms with Crippen molar-refractivity contribution in [3.8, 4) is 0 Å². The third-order valence-electron chi connectivity index (χ3n) is 3.74. The number of piperidine rings is 1. The molecule has 2 atom stereocenters. The number of hydrogen-bond donors (Lipinski definition) is 2. The lowest BCUT2D eigenvalue weighted by molar-refractivity contribution is -0.140. The molecule has 0 amide bonds. The van der Waals surface area contributed by atoms with E-state index in [-0.39, 0.29) is 16.5 Å². The maximum absolute atomic E-state index is 14.2. The summed E-state index contributed by atoms with van der Waals surface area (Å²) in [5.74, 6) is -1.92. The Morgan fingerprint density at radius 1 is 1.48 bits per heavy atom. The summed E-state index contributed by atoms with van der Waals surface area (Å²) in [5, 5.41) is 14.3. The van der Waals surface area contributed by atoms with E-state index in [0.29, 0.717) is 6.54 Å². The number of hydrogen-bond acceptors (Lipinski definition) is 4. The van der Waals surface area contributed by atoms with Gasteiger partial charge in [-0.2, -0.15) is 0 Å². The van der Waals surface area contributed by atoms with Gasteiger partial charge in [-0.05, 0) is 37.0 Å². The van der Waals surface area contributed by atoms with Crippen molar-refractivity contribution >= 4 is 21.7 Å². The Bertz CT molecular complexity index is 662. The largest absolute Gasteiger partial charge is 0.480 e. The van der Waals surface area contributed by atoms with Crippen molar-refractivity contribution in [2.75, 3.05) is 11.4 Å². The zero-order chi connectivity index (χ0) is 15.8. The highest BCUT2D eigenvalue weighted by molar-refractivity contribution is 7.89. The van der Waals surface area contributed by atoms with Crippen LogP contribution in [0.2, 0.25) is 0 Å². The van der Waals surface area contributed by atoms with Crippen molar-refractivity contribution in [2.24, 2.45) is 11.1 Å². The summed E-state index contributed by atoms with van der Waals surface area (Å²) in [6, 6.07) is 2.45. The van der Waals surface area contributed by atoms with Gasteiger partial charge in [0, 0.05) is 6.54 Å². The minimum Gasteiger partial charge on any atom is -0.480 e. The van der Waals surface area contributed by atoms with E-state index in [1.807, 2.05) is 6.92 Å². The highest BCUT2D eigenvalue weighted by Crippen LogP contribution is 2.31. The molecule has 0 aromatic heterocycles. The third-order valence-corrected chi connectivity index (χ3v) is 4.65. The number of benzene rings is 1. The Balaban J connectivity index is 2.43. The summed E-state index contributed by atoms with van der Waals surface area (Å²) >= 11 is 0. The fourth-order valence-corrected chi connectivity index (χ4v) is 3.26. The van der Waals surface area contributed by atoms with Crippen molar-refractivity contribution in [3.05, 3.63) is 24.0 Å². The highest BCUT2D eigenvalue weighted by Gasteiger charge is 2.35. The van der Waals surface area contributed by atoms with E-state index in [9.17, 15) is 22.7 Å². The zero-order valence-electron chi connectivity index (χ0n) is 11.5. The molecule has 1 aromatic carbocycles. The van der Waals surface area contributed by atoms with Gasteiger partial charge in [0.2, 0.25) is 10.0 Å². The monoisotopic (exact) mass is 316 g/mol. The van der Waals surface area contributed by atoms with Crippen LogP contribution < -0.4 is 10.0 Å². The molecule has 1 heterocycles. The first-order valence-electron chi connectivity index (χ1n) is 6.53. The molecule has 2 rings (SSSR count). The zero-order valence-corrected chi connectivity index (χ0v) is 12.3. The first kappa shape index (κ1) is 15.7. The lowest BCUT2D eigenvalue weighted by Crippen LogP contribution is -2.49.